The van der Waals surface area contributed by atoms with Crippen LogP contribution < -0.4 is 5.32 Å². The minimum absolute atomic E-state index is 0. The van der Waals surface area contributed by atoms with Crippen molar-refractivity contribution in [3.63, 3.8) is 0 Å². The highest BCUT2D eigenvalue weighted by Gasteiger charge is 2.36. The highest BCUT2D eigenvalue weighted by Crippen LogP contribution is 2.39. The second-order valence-electron chi connectivity index (χ2n) is 5.06. The van der Waals surface area contributed by atoms with Gasteiger partial charge in [-0.3, -0.25) is 4.90 Å². The first-order valence-corrected chi connectivity index (χ1v) is 7.23. The molecule has 0 saturated carbocycles. The third-order valence-corrected chi connectivity index (χ3v) is 3.90. The van der Waals surface area contributed by atoms with E-state index >= 15 is 0 Å². The number of rotatable bonds is 4. The van der Waals surface area contributed by atoms with E-state index in [0.29, 0.717) is 6.42 Å². The molecule has 2 nitrogen and oxygen atoms in total. The molecule has 0 bridgehead atoms. The molecule has 0 aliphatic carbocycles. The molecule has 23 heavy (non-hydrogen) atoms. The number of nitrogens with one attached hydrogen (secondary N) is 1. The Bertz CT molecular complexity index is 503. The number of alkyl halides is 3. The Labute approximate surface area is 151 Å². The van der Waals surface area contributed by atoms with Crippen molar-refractivity contribution < 1.29 is 13.2 Å². The molecule has 1 saturated heterocycles. The van der Waals surface area contributed by atoms with Crippen LogP contribution in [0.25, 0.3) is 0 Å². The molecule has 1 aliphatic heterocycles. The summed E-state index contributed by atoms with van der Waals surface area (Å²) in [7, 11) is 0. The Morgan fingerprint density at radius 3 is 2.39 bits per heavy atom. The third kappa shape index (κ3) is 5.84. The fourth-order valence-corrected chi connectivity index (χ4v) is 2.86. The number of nitrogens with zero attached hydrogens (tertiary/aromatic N) is 1. The van der Waals surface area contributed by atoms with E-state index in [0.717, 1.165) is 32.2 Å². The molecule has 0 spiro atoms. The summed E-state index contributed by atoms with van der Waals surface area (Å²) in [4.78, 5) is 2.07. The molecule has 1 N–H and O–H groups in total. The number of hydrogen-bond donors (Lipinski definition) is 1. The maximum atomic E-state index is 13.3. The lowest BCUT2D eigenvalue weighted by Crippen LogP contribution is -2.45. The van der Waals surface area contributed by atoms with Crippen LogP contribution in [-0.2, 0) is 6.18 Å². The van der Waals surface area contributed by atoms with Crippen molar-refractivity contribution in [1.29, 1.82) is 0 Å². The molecule has 1 atom stereocenters. The highest BCUT2D eigenvalue weighted by atomic mass is 35.5. The smallest absolute Gasteiger partial charge is 0.314 e. The topological polar surface area (TPSA) is 15.3 Å². The van der Waals surface area contributed by atoms with Gasteiger partial charge in [0.05, 0.1) is 5.56 Å². The molecule has 0 amide bonds. The van der Waals surface area contributed by atoms with Gasteiger partial charge in [-0.25, -0.2) is 0 Å². The van der Waals surface area contributed by atoms with Gasteiger partial charge in [-0.15, -0.1) is 31.4 Å². The van der Waals surface area contributed by atoms with Gasteiger partial charge in [-0.2, -0.15) is 13.2 Å². The van der Waals surface area contributed by atoms with Gasteiger partial charge in [-0.1, -0.05) is 23.7 Å². The van der Waals surface area contributed by atoms with Gasteiger partial charge in [0.25, 0.3) is 0 Å². The van der Waals surface area contributed by atoms with Crippen molar-refractivity contribution in [2.75, 3.05) is 26.2 Å². The fraction of sp³-hybridized carbons (Fsp3) is 0.467. The van der Waals surface area contributed by atoms with E-state index in [2.05, 4.69) is 16.8 Å². The van der Waals surface area contributed by atoms with Crippen LogP contribution in [0.2, 0.25) is 5.02 Å². The summed E-state index contributed by atoms with van der Waals surface area (Å²) in [6, 6.07) is 3.69. The monoisotopic (exact) mass is 390 g/mol. The van der Waals surface area contributed by atoms with Crippen LogP contribution in [-0.4, -0.2) is 31.1 Å². The van der Waals surface area contributed by atoms with Crippen LogP contribution in [0.4, 0.5) is 13.2 Å². The van der Waals surface area contributed by atoms with Crippen LogP contribution in [0.1, 0.15) is 23.6 Å². The van der Waals surface area contributed by atoms with Crippen molar-refractivity contribution in [3.8, 4) is 0 Å². The Balaban J connectivity index is 0.00000242. The SMILES string of the molecule is C=CC[C@H](c1ccc(Cl)cc1C(F)(F)F)N1CCNCC1.Cl.Cl. The molecule has 0 aromatic heterocycles. The summed E-state index contributed by atoms with van der Waals surface area (Å²) in [5, 5.41) is 3.31. The van der Waals surface area contributed by atoms with Gasteiger partial charge >= 0.3 is 6.18 Å². The first-order valence-electron chi connectivity index (χ1n) is 6.86. The molecule has 1 fully saturated rings. The van der Waals surface area contributed by atoms with Crippen LogP contribution in [0.3, 0.4) is 0 Å². The van der Waals surface area contributed by atoms with Crippen LogP contribution in [0.15, 0.2) is 30.9 Å². The zero-order valence-electron chi connectivity index (χ0n) is 12.4. The lowest BCUT2D eigenvalue weighted by Gasteiger charge is -2.36. The highest BCUT2D eigenvalue weighted by molar-refractivity contribution is 6.30. The molecule has 1 aromatic rings. The fourth-order valence-electron chi connectivity index (χ4n) is 2.69. The maximum Gasteiger partial charge on any atom is 0.416 e. The summed E-state index contributed by atoms with van der Waals surface area (Å²) in [6.45, 7) is 6.68. The minimum atomic E-state index is -4.41. The molecule has 1 heterocycles. The van der Waals surface area contributed by atoms with Crippen LogP contribution >= 0.6 is 36.4 Å². The van der Waals surface area contributed by atoms with E-state index in [1.54, 1.807) is 6.08 Å². The van der Waals surface area contributed by atoms with Gasteiger partial charge in [0, 0.05) is 37.2 Å². The second kappa shape index (κ2) is 9.74. The van der Waals surface area contributed by atoms with Gasteiger partial charge in [0.1, 0.15) is 0 Å². The van der Waals surface area contributed by atoms with Crippen LogP contribution in [0.5, 0.6) is 0 Å². The van der Waals surface area contributed by atoms with E-state index in [1.165, 1.54) is 12.1 Å². The number of benzene rings is 1. The molecule has 0 radical (unpaired) electrons. The van der Waals surface area contributed by atoms with Crippen molar-refractivity contribution in [2.24, 2.45) is 0 Å². The van der Waals surface area contributed by atoms with Crippen molar-refractivity contribution in [2.45, 2.75) is 18.6 Å². The summed E-state index contributed by atoms with van der Waals surface area (Å²) in [6.07, 6.45) is -2.26. The lowest BCUT2D eigenvalue weighted by atomic mass is 9.95. The molecule has 132 valence electrons. The molecule has 8 heteroatoms. The normalized spacial score (nSPS) is 16.9. The standard InChI is InChI=1S/C15H18ClF3N2.2ClH/c1-2-3-14(21-8-6-20-7-9-21)12-5-4-11(16)10-13(12)15(17,18)19;;/h2,4-5,10,14,20H,1,3,6-9H2;2*1H/t14-;;/m1../s1. The zero-order chi connectivity index (χ0) is 15.5. The lowest BCUT2D eigenvalue weighted by molar-refractivity contribution is -0.138. The van der Waals surface area contributed by atoms with E-state index in [4.69, 9.17) is 11.6 Å². The molecule has 0 unspecified atom stereocenters. The Morgan fingerprint density at radius 1 is 1.26 bits per heavy atom. The number of halogens is 6. The molecular formula is C15H20Cl3F3N2. The van der Waals surface area contributed by atoms with E-state index in [-0.39, 0.29) is 41.4 Å². The Kier molecular flexibility index (Phi) is 9.55. The first-order chi connectivity index (χ1) is 9.93. The first kappa shape index (κ1) is 22.5. The van der Waals surface area contributed by atoms with Gasteiger partial charge in [0.15, 0.2) is 0 Å². The zero-order valence-corrected chi connectivity index (χ0v) is 14.8. The van der Waals surface area contributed by atoms with Crippen molar-refractivity contribution in [3.05, 3.63) is 47.0 Å². The predicted molar refractivity (Wildman–Crippen MR) is 92.9 cm³/mol. The summed E-state index contributed by atoms with van der Waals surface area (Å²) < 4.78 is 39.8. The number of hydrogen-bond acceptors (Lipinski definition) is 2. The maximum absolute atomic E-state index is 13.3. The molecule has 1 aromatic carbocycles. The summed E-state index contributed by atoms with van der Waals surface area (Å²) in [5.74, 6) is 0. The molecule has 1 aliphatic rings. The van der Waals surface area contributed by atoms with Crippen molar-refractivity contribution >= 4 is 36.4 Å². The van der Waals surface area contributed by atoms with Crippen molar-refractivity contribution in [1.82, 2.24) is 10.2 Å². The predicted octanol–water partition coefficient (Wildman–Crippen LogP) is 4.72. The van der Waals surface area contributed by atoms with Gasteiger partial charge in [-0.05, 0) is 24.1 Å². The van der Waals surface area contributed by atoms with E-state index < -0.39 is 11.7 Å². The van der Waals surface area contributed by atoms with E-state index in [9.17, 15) is 13.2 Å². The quantitative estimate of drug-likeness (QED) is 0.747. The average Bonchev–Trinajstić information content (AvgIpc) is 2.45. The summed E-state index contributed by atoms with van der Waals surface area (Å²) in [5.41, 5.74) is -0.380. The van der Waals surface area contributed by atoms with Gasteiger partial charge < -0.3 is 5.32 Å². The number of piperazine rings is 1. The second-order valence-corrected chi connectivity index (χ2v) is 5.49. The Hall–Kier alpha value is -0.460. The average molecular weight is 392 g/mol. The van der Waals surface area contributed by atoms with Crippen LogP contribution in [0, 0.1) is 0 Å². The molecule has 2 rings (SSSR count). The van der Waals surface area contributed by atoms with Gasteiger partial charge in [0.2, 0.25) is 0 Å². The van der Waals surface area contributed by atoms with E-state index in [1.807, 2.05) is 0 Å². The third-order valence-electron chi connectivity index (χ3n) is 3.66. The molecular weight excluding hydrogens is 372 g/mol. The largest absolute Gasteiger partial charge is 0.416 e. The Morgan fingerprint density at radius 2 is 1.87 bits per heavy atom. The summed E-state index contributed by atoms with van der Waals surface area (Å²) >= 11 is 5.75. The minimum Gasteiger partial charge on any atom is -0.314 e.